The van der Waals surface area contributed by atoms with Gasteiger partial charge < -0.3 is 5.32 Å². The molecule has 5 nitrogen and oxygen atoms in total. The number of hydrogen-bond acceptors (Lipinski definition) is 4. The molecule has 3 rings (SSSR count). The fourth-order valence-corrected chi connectivity index (χ4v) is 1.98. The maximum Gasteiger partial charge on any atom is 0.277 e. The molecule has 0 atom stereocenters. The standard InChI is InChI=1S/C13H16N4O/c18-13-11-3-1-2-4-12(11)15-16-17(13)8-7-14-9-10-5-6-10/h1-4,10,14H,5-9H2. The third-order valence-corrected chi connectivity index (χ3v) is 3.26. The van der Waals surface area contributed by atoms with Gasteiger partial charge >= 0.3 is 0 Å². The molecular weight excluding hydrogens is 228 g/mol. The van der Waals surface area contributed by atoms with E-state index in [4.69, 9.17) is 0 Å². The van der Waals surface area contributed by atoms with Crippen molar-refractivity contribution in [2.75, 3.05) is 13.1 Å². The molecule has 0 radical (unpaired) electrons. The van der Waals surface area contributed by atoms with Crippen LogP contribution >= 0.6 is 0 Å². The monoisotopic (exact) mass is 244 g/mol. The molecule has 1 aliphatic carbocycles. The minimum absolute atomic E-state index is 0.0613. The van der Waals surface area contributed by atoms with E-state index >= 15 is 0 Å². The van der Waals surface area contributed by atoms with Crippen molar-refractivity contribution in [3.63, 3.8) is 0 Å². The smallest absolute Gasteiger partial charge is 0.277 e. The average Bonchev–Trinajstić information content (AvgIpc) is 3.21. The molecule has 1 saturated carbocycles. The maximum atomic E-state index is 12.1. The lowest BCUT2D eigenvalue weighted by molar-refractivity contribution is 0.506. The summed E-state index contributed by atoms with van der Waals surface area (Å²) in [5, 5.41) is 12.0. The second-order valence-electron chi connectivity index (χ2n) is 4.78. The Labute approximate surface area is 105 Å². The maximum absolute atomic E-state index is 12.1. The first-order valence-corrected chi connectivity index (χ1v) is 6.38. The molecule has 5 heteroatoms. The van der Waals surface area contributed by atoms with Gasteiger partial charge in [0.1, 0.15) is 5.52 Å². The molecule has 0 amide bonds. The molecule has 1 fully saturated rings. The summed E-state index contributed by atoms with van der Waals surface area (Å²) in [7, 11) is 0. The molecule has 2 aromatic rings. The van der Waals surface area contributed by atoms with E-state index in [2.05, 4.69) is 15.6 Å². The van der Waals surface area contributed by atoms with Gasteiger partial charge in [0.15, 0.2) is 0 Å². The molecule has 0 aliphatic heterocycles. The lowest BCUT2D eigenvalue weighted by atomic mass is 10.2. The molecular formula is C13H16N4O. The number of aromatic nitrogens is 3. The Morgan fingerprint density at radius 2 is 2.17 bits per heavy atom. The number of rotatable bonds is 5. The van der Waals surface area contributed by atoms with Crippen molar-refractivity contribution in [1.82, 2.24) is 20.3 Å². The van der Waals surface area contributed by atoms with Gasteiger partial charge in [-0.15, -0.1) is 5.10 Å². The lowest BCUT2D eigenvalue weighted by Crippen LogP contribution is -2.30. The Balaban J connectivity index is 1.71. The van der Waals surface area contributed by atoms with E-state index in [-0.39, 0.29) is 5.56 Å². The van der Waals surface area contributed by atoms with Crippen LogP contribution in [0.2, 0.25) is 0 Å². The van der Waals surface area contributed by atoms with Crippen LogP contribution in [0.3, 0.4) is 0 Å². The number of benzene rings is 1. The average molecular weight is 244 g/mol. The van der Waals surface area contributed by atoms with E-state index in [1.165, 1.54) is 17.5 Å². The molecule has 94 valence electrons. The van der Waals surface area contributed by atoms with Crippen LogP contribution in [0, 0.1) is 5.92 Å². The number of nitrogens with one attached hydrogen (secondary N) is 1. The summed E-state index contributed by atoms with van der Waals surface area (Å²) in [6.07, 6.45) is 2.67. The van der Waals surface area contributed by atoms with Gasteiger partial charge in [-0.05, 0) is 37.4 Å². The van der Waals surface area contributed by atoms with Crippen LogP contribution in [0.25, 0.3) is 10.9 Å². The van der Waals surface area contributed by atoms with Gasteiger partial charge in [0.05, 0.1) is 11.9 Å². The predicted molar refractivity (Wildman–Crippen MR) is 69.4 cm³/mol. The van der Waals surface area contributed by atoms with E-state index in [9.17, 15) is 4.79 Å². The van der Waals surface area contributed by atoms with Crippen molar-refractivity contribution in [3.8, 4) is 0 Å². The Hall–Kier alpha value is -1.75. The van der Waals surface area contributed by atoms with Crippen LogP contribution in [0.5, 0.6) is 0 Å². The highest BCUT2D eigenvalue weighted by Gasteiger charge is 2.20. The van der Waals surface area contributed by atoms with Crippen LogP contribution < -0.4 is 10.9 Å². The Morgan fingerprint density at radius 1 is 1.33 bits per heavy atom. The van der Waals surface area contributed by atoms with Crippen LogP contribution in [0.4, 0.5) is 0 Å². The van der Waals surface area contributed by atoms with Crippen molar-refractivity contribution < 1.29 is 0 Å². The molecule has 18 heavy (non-hydrogen) atoms. The van der Waals surface area contributed by atoms with Gasteiger partial charge in [0.25, 0.3) is 5.56 Å². The third-order valence-electron chi connectivity index (χ3n) is 3.26. The second-order valence-corrected chi connectivity index (χ2v) is 4.78. The number of hydrogen-bond donors (Lipinski definition) is 1. The Kier molecular flexibility index (Phi) is 3.06. The zero-order valence-electron chi connectivity index (χ0n) is 10.2. The van der Waals surface area contributed by atoms with E-state index in [0.717, 1.165) is 19.0 Å². The normalized spacial score (nSPS) is 15.1. The van der Waals surface area contributed by atoms with Gasteiger partial charge in [-0.1, -0.05) is 17.3 Å². The molecule has 0 saturated heterocycles. The van der Waals surface area contributed by atoms with Crippen LogP contribution in [-0.4, -0.2) is 28.1 Å². The van der Waals surface area contributed by atoms with Gasteiger partial charge in [-0.3, -0.25) is 4.79 Å². The van der Waals surface area contributed by atoms with E-state index in [1.807, 2.05) is 12.1 Å². The first-order chi connectivity index (χ1) is 8.84. The zero-order valence-corrected chi connectivity index (χ0v) is 10.2. The highest BCUT2D eigenvalue weighted by molar-refractivity contribution is 5.76. The van der Waals surface area contributed by atoms with Crippen molar-refractivity contribution in [2.24, 2.45) is 5.92 Å². The van der Waals surface area contributed by atoms with Gasteiger partial charge in [-0.25, -0.2) is 4.68 Å². The highest BCUT2D eigenvalue weighted by atomic mass is 16.1. The SMILES string of the molecule is O=c1c2ccccc2nnn1CCNCC1CC1. The minimum Gasteiger partial charge on any atom is -0.315 e. The van der Waals surface area contributed by atoms with Crippen LogP contribution in [0.1, 0.15) is 12.8 Å². The fourth-order valence-electron chi connectivity index (χ4n) is 1.98. The van der Waals surface area contributed by atoms with E-state index in [1.54, 1.807) is 12.1 Å². The molecule has 0 unspecified atom stereocenters. The number of nitrogens with zero attached hydrogens (tertiary/aromatic N) is 3. The summed E-state index contributed by atoms with van der Waals surface area (Å²) in [5.41, 5.74) is 0.596. The quantitative estimate of drug-likeness (QED) is 0.790. The summed E-state index contributed by atoms with van der Waals surface area (Å²) in [6, 6.07) is 7.30. The molecule has 1 aliphatic rings. The summed E-state index contributed by atoms with van der Waals surface area (Å²) in [4.78, 5) is 12.1. The summed E-state index contributed by atoms with van der Waals surface area (Å²) in [6.45, 7) is 2.39. The first-order valence-electron chi connectivity index (χ1n) is 6.38. The third kappa shape index (κ3) is 2.41. The fraction of sp³-hybridized carbons (Fsp3) is 0.462. The minimum atomic E-state index is -0.0613. The number of fused-ring (bicyclic) bond motifs is 1. The van der Waals surface area contributed by atoms with Gasteiger partial charge in [-0.2, -0.15) is 0 Å². The first kappa shape index (κ1) is 11.3. The summed E-state index contributed by atoms with van der Waals surface area (Å²) >= 11 is 0. The molecule has 1 aromatic heterocycles. The van der Waals surface area contributed by atoms with Crippen molar-refractivity contribution in [3.05, 3.63) is 34.6 Å². The predicted octanol–water partition coefficient (Wildman–Crippen LogP) is 0.791. The van der Waals surface area contributed by atoms with Crippen LogP contribution in [0.15, 0.2) is 29.1 Å². The molecule has 1 N–H and O–H groups in total. The van der Waals surface area contributed by atoms with E-state index < -0.39 is 0 Å². The topological polar surface area (TPSA) is 59.8 Å². The molecule has 1 aromatic carbocycles. The lowest BCUT2D eigenvalue weighted by Gasteiger charge is -2.05. The second kappa shape index (κ2) is 4.86. The largest absolute Gasteiger partial charge is 0.315 e. The van der Waals surface area contributed by atoms with Gasteiger partial charge in [0.2, 0.25) is 0 Å². The zero-order chi connectivity index (χ0) is 12.4. The van der Waals surface area contributed by atoms with Gasteiger partial charge in [0, 0.05) is 6.54 Å². The Morgan fingerprint density at radius 3 is 3.00 bits per heavy atom. The van der Waals surface area contributed by atoms with E-state index in [0.29, 0.717) is 17.4 Å². The van der Waals surface area contributed by atoms with Crippen molar-refractivity contribution in [2.45, 2.75) is 19.4 Å². The highest BCUT2D eigenvalue weighted by Crippen LogP contribution is 2.27. The Bertz CT molecular complexity index is 603. The summed E-state index contributed by atoms with van der Waals surface area (Å²) in [5.74, 6) is 0.851. The summed E-state index contributed by atoms with van der Waals surface area (Å²) < 4.78 is 1.43. The van der Waals surface area contributed by atoms with Crippen LogP contribution in [-0.2, 0) is 6.54 Å². The molecule has 0 bridgehead atoms. The molecule has 1 heterocycles. The molecule has 0 spiro atoms. The van der Waals surface area contributed by atoms with Crippen molar-refractivity contribution in [1.29, 1.82) is 0 Å². The van der Waals surface area contributed by atoms with Crippen molar-refractivity contribution >= 4 is 10.9 Å².